The molecule has 1 N–H and O–H groups in total. The van der Waals surface area contributed by atoms with Crippen LogP contribution in [0.15, 0.2) is 47.8 Å². The largest absolute Gasteiger partial charge is 0.479 e. The Bertz CT molecular complexity index is 788. The van der Waals surface area contributed by atoms with Crippen molar-refractivity contribution >= 4 is 17.7 Å². The summed E-state index contributed by atoms with van der Waals surface area (Å²) < 4.78 is 16.6. The number of hydrogen-bond donors (Lipinski definition) is 1. The van der Waals surface area contributed by atoms with Gasteiger partial charge in [-0.15, -0.1) is 0 Å². The molecule has 0 spiro atoms. The first kappa shape index (κ1) is 18.1. The van der Waals surface area contributed by atoms with E-state index in [9.17, 15) is 19.5 Å². The topological polar surface area (TPSA) is 99.1 Å². The maximum atomic E-state index is 12.5. The van der Waals surface area contributed by atoms with Gasteiger partial charge in [-0.2, -0.15) is 0 Å². The van der Waals surface area contributed by atoms with Crippen LogP contribution in [0.1, 0.15) is 20.3 Å². The molecule has 7 heteroatoms. The van der Waals surface area contributed by atoms with Crippen molar-refractivity contribution in [3.63, 3.8) is 0 Å². The predicted octanol–water partition coefficient (Wildman–Crippen LogP) is 1.14. The van der Waals surface area contributed by atoms with Crippen molar-refractivity contribution in [1.29, 1.82) is 0 Å². The first-order chi connectivity index (χ1) is 12.2. The van der Waals surface area contributed by atoms with Crippen LogP contribution in [0, 0.1) is 5.92 Å². The van der Waals surface area contributed by atoms with Gasteiger partial charge in [0.2, 0.25) is 5.78 Å². The number of ketones is 1. The van der Waals surface area contributed by atoms with Gasteiger partial charge in [-0.1, -0.05) is 13.2 Å². The summed E-state index contributed by atoms with van der Waals surface area (Å²) in [7, 11) is 0. The van der Waals surface area contributed by atoms with E-state index >= 15 is 0 Å². The minimum atomic E-state index is -1.29. The lowest BCUT2D eigenvalue weighted by Crippen LogP contribution is -2.42. The van der Waals surface area contributed by atoms with Gasteiger partial charge < -0.3 is 19.3 Å². The molecule has 0 aromatic heterocycles. The third kappa shape index (κ3) is 2.88. The molecule has 1 fully saturated rings. The fourth-order valence-corrected chi connectivity index (χ4v) is 3.35. The molecule has 3 aliphatic heterocycles. The van der Waals surface area contributed by atoms with Crippen LogP contribution >= 0.6 is 0 Å². The number of aliphatic hydroxyl groups excluding tert-OH is 1. The number of aliphatic hydroxyl groups is 1. The fraction of sp³-hybridized carbons (Fsp3) is 0.421. The lowest BCUT2D eigenvalue weighted by atomic mass is 9.82. The Morgan fingerprint density at radius 1 is 1.46 bits per heavy atom. The molecule has 4 atom stereocenters. The quantitative estimate of drug-likeness (QED) is 0.595. The summed E-state index contributed by atoms with van der Waals surface area (Å²) in [5, 5.41) is 9.67. The van der Waals surface area contributed by atoms with Gasteiger partial charge in [-0.25, -0.2) is 9.59 Å². The molecule has 7 nitrogen and oxygen atoms in total. The lowest BCUT2D eigenvalue weighted by Gasteiger charge is -2.31. The van der Waals surface area contributed by atoms with Crippen molar-refractivity contribution in [3.8, 4) is 0 Å². The van der Waals surface area contributed by atoms with Gasteiger partial charge in [0.05, 0.1) is 12.5 Å². The Morgan fingerprint density at radius 3 is 2.77 bits per heavy atom. The van der Waals surface area contributed by atoms with E-state index in [0.717, 1.165) is 0 Å². The van der Waals surface area contributed by atoms with Gasteiger partial charge >= 0.3 is 11.9 Å². The molecule has 0 aromatic carbocycles. The molecule has 26 heavy (non-hydrogen) atoms. The second-order valence-electron chi connectivity index (χ2n) is 6.90. The zero-order chi connectivity index (χ0) is 19.2. The fourth-order valence-electron chi connectivity index (χ4n) is 3.35. The molecule has 2 bridgehead atoms. The Hall–Kier alpha value is -2.67. The molecular weight excluding hydrogens is 340 g/mol. The highest BCUT2D eigenvalue weighted by molar-refractivity contribution is 6.00. The summed E-state index contributed by atoms with van der Waals surface area (Å²) in [6, 6.07) is 0. The molecule has 0 aromatic rings. The SMILES string of the molecule is C=C(C)C(=O)O[C@@H]1C[C@@]2(C)OC(=CC2=O)C(CO)=C[C@@H]2OC(=O)C(=C)[C@@H]21. The van der Waals surface area contributed by atoms with Gasteiger partial charge in [0.25, 0.3) is 0 Å². The standard InChI is InChI=1S/C19H20O7/c1-9(2)17(22)25-14-7-19(4)15(21)6-12(26-19)11(8-20)5-13-16(14)10(3)18(23)24-13/h5-6,13-14,16,20H,1,3,7-8H2,2,4H3/t13-,14+,16-,19+/m0/s1. The summed E-state index contributed by atoms with van der Waals surface area (Å²) in [6.07, 6.45) is 1.14. The van der Waals surface area contributed by atoms with Crippen LogP contribution in [-0.2, 0) is 28.6 Å². The van der Waals surface area contributed by atoms with Gasteiger partial charge in [0.15, 0.2) is 5.60 Å². The van der Waals surface area contributed by atoms with Crippen LogP contribution < -0.4 is 0 Å². The predicted molar refractivity (Wildman–Crippen MR) is 89.6 cm³/mol. The molecule has 3 aliphatic rings. The molecule has 138 valence electrons. The zero-order valence-corrected chi connectivity index (χ0v) is 14.6. The molecule has 0 unspecified atom stereocenters. The van der Waals surface area contributed by atoms with Crippen LogP contribution in [0.4, 0.5) is 0 Å². The van der Waals surface area contributed by atoms with E-state index in [1.807, 2.05) is 0 Å². The van der Waals surface area contributed by atoms with Crippen LogP contribution in [0.5, 0.6) is 0 Å². The summed E-state index contributed by atoms with van der Waals surface area (Å²) in [5.74, 6) is -2.03. The number of fused-ring (bicyclic) bond motifs is 3. The molecule has 3 heterocycles. The number of esters is 2. The highest BCUT2D eigenvalue weighted by Gasteiger charge is 2.52. The Kier molecular flexibility index (Phi) is 4.36. The van der Waals surface area contributed by atoms with E-state index in [-0.39, 0.29) is 29.1 Å². The number of carbonyl (C=O) groups excluding carboxylic acids is 3. The van der Waals surface area contributed by atoms with E-state index in [2.05, 4.69) is 13.2 Å². The minimum absolute atomic E-state index is 0.00816. The summed E-state index contributed by atoms with van der Waals surface area (Å²) in [6.45, 7) is 9.99. The van der Waals surface area contributed by atoms with Crippen LogP contribution in [0.2, 0.25) is 0 Å². The summed E-state index contributed by atoms with van der Waals surface area (Å²) >= 11 is 0. The zero-order valence-electron chi connectivity index (χ0n) is 14.6. The van der Waals surface area contributed by atoms with E-state index in [4.69, 9.17) is 14.2 Å². The first-order valence-electron chi connectivity index (χ1n) is 8.19. The van der Waals surface area contributed by atoms with E-state index < -0.39 is 42.3 Å². The molecule has 0 radical (unpaired) electrons. The molecule has 0 aliphatic carbocycles. The van der Waals surface area contributed by atoms with Gasteiger partial charge in [0.1, 0.15) is 18.0 Å². The minimum Gasteiger partial charge on any atom is -0.479 e. The van der Waals surface area contributed by atoms with Gasteiger partial charge in [-0.05, 0) is 19.9 Å². The van der Waals surface area contributed by atoms with Crippen molar-refractivity contribution in [2.75, 3.05) is 6.61 Å². The number of hydrogen-bond acceptors (Lipinski definition) is 7. The van der Waals surface area contributed by atoms with Crippen LogP contribution in [-0.4, -0.2) is 47.2 Å². The van der Waals surface area contributed by atoms with Crippen molar-refractivity contribution in [3.05, 3.63) is 47.8 Å². The van der Waals surface area contributed by atoms with Crippen molar-refractivity contribution < 1.29 is 33.7 Å². The molecule has 0 amide bonds. The normalized spacial score (nSPS) is 33.0. The van der Waals surface area contributed by atoms with Crippen LogP contribution in [0.3, 0.4) is 0 Å². The van der Waals surface area contributed by atoms with Crippen molar-refractivity contribution in [2.24, 2.45) is 5.92 Å². The smallest absolute Gasteiger partial charge is 0.334 e. The average Bonchev–Trinajstić information content (AvgIpc) is 3.01. The molecule has 1 saturated heterocycles. The van der Waals surface area contributed by atoms with Gasteiger partial charge in [0, 0.05) is 29.2 Å². The van der Waals surface area contributed by atoms with E-state index in [1.165, 1.54) is 19.1 Å². The Morgan fingerprint density at radius 2 is 2.15 bits per heavy atom. The van der Waals surface area contributed by atoms with E-state index in [1.54, 1.807) is 6.92 Å². The maximum absolute atomic E-state index is 12.5. The van der Waals surface area contributed by atoms with Crippen LogP contribution in [0.25, 0.3) is 0 Å². The number of ether oxygens (including phenoxy) is 3. The van der Waals surface area contributed by atoms with Crippen molar-refractivity contribution in [1.82, 2.24) is 0 Å². The average molecular weight is 360 g/mol. The third-order valence-electron chi connectivity index (χ3n) is 4.83. The lowest BCUT2D eigenvalue weighted by molar-refractivity contribution is -0.153. The van der Waals surface area contributed by atoms with Gasteiger partial charge in [-0.3, -0.25) is 4.79 Å². The number of rotatable bonds is 3. The number of carbonyl (C=O) groups is 3. The van der Waals surface area contributed by atoms with Crippen molar-refractivity contribution in [2.45, 2.75) is 38.1 Å². The second kappa shape index (κ2) is 6.25. The first-order valence-corrected chi connectivity index (χ1v) is 8.19. The second-order valence-corrected chi connectivity index (χ2v) is 6.90. The molecule has 0 saturated carbocycles. The monoisotopic (exact) mass is 360 g/mol. The molecular formula is C19H20O7. The highest BCUT2D eigenvalue weighted by atomic mass is 16.6. The third-order valence-corrected chi connectivity index (χ3v) is 4.83. The Balaban J connectivity index is 2.09. The molecule has 3 rings (SSSR count). The highest BCUT2D eigenvalue weighted by Crippen LogP contribution is 2.42. The van der Waals surface area contributed by atoms with E-state index in [0.29, 0.717) is 5.57 Å². The Labute approximate surface area is 150 Å². The summed E-state index contributed by atoms with van der Waals surface area (Å²) in [4.78, 5) is 36.6. The maximum Gasteiger partial charge on any atom is 0.334 e. The summed E-state index contributed by atoms with van der Waals surface area (Å²) in [5.41, 5.74) is -0.631.